The van der Waals surface area contributed by atoms with Crippen molar-refractivity contribution in [1.29, 1.82) is 0 Å². The number of halogens is 3. The van der Waals surface area contributed by atoms with Crippen molar-refractivity contribution in [2.45, 2.75) is 18.6 Å². The van der Waals surface area contributed by atoms with Crippen LogP contribution in [0.25, 0.3) is 0 Å². The number of nitrogens with zero attached hydrogens (tertiary/aromatic N) is 2. The molecule has 3 rings (SSSR count). The van der Waals surface area contributed by atoms with Crippen LogP contribution in [0.2, 0.25) is 0 Å². The normalized spacial score (nSPS) is 16.3. The number of hydrogen-bond donors (Lipinski definition) is 1. The molecule has 0 aromatic heterocycles. The average Bonchev–Trinajstić information content (AvgIpc) is 2.68. The molecular formula is C20H22F3N3O. The van der Waals surface area contributed by atoms with Crippen LogP contribution >= 0.6 is 0 Å². The topological polar surface area (TPSA) is 49.6 Å². The summed E-state index contributed by atoms with van der Waals surface area (Å²) in [6, 6.07) is 14.2. The van der Waals surface area contributed by atoms with E-state index in [0.29, 0.717) is 38.3 Å². The lowest BCUT2D eigenvalue weighted by Crippen LogP contribution is -2.53. The number of carbonyl (C=O) groups is 1. The molecule has 0 saturated carbocycles. The van der Waals surface area contributed by atoms with Crippen molar-refractivity contribution in [2.24, 2.45) is 5.73 Å². The minimum absolute atomic E-state index is 0.123. The predicted molar refractivity (Wildman–Crippen MR) is 98.4 cm³/mol. The van der Waals surface area contributed by atoms with Crippen LogP contribution in [-0.4, -0.2) is 43.0 Å². The number of anilines is 1. The molecule has 1 atom stereocenters. The molecule has 2 aromatic rings. The van der Waals surface area contributed by atoms with Crippen LogP contribution in [0, 0.1) is 0 Å². The molecule has 4 nitrogen and oxygen atoms in total. The summed E-state index contributed by atoms with van der Waals surface area (Å²) in [6.07, 6.45) is -3.90. The van der Waals surface area contributed by atoms with E-state index in [9.17, 15) is 18.0 Å². The number of nitrogens with two attached hydrogens (primary N) is 1. The summed E-state index contributed by atoms with van der Waals surface area (Å²) < 4.78 is 38.7. The van der Waals surface area contributed by atoms with Crippen molar-refractivity contribution in [3.63, 3.8) is 0 Å². The number of rotatable bonds is 4. The summed E-state index contributed by atoms with van der Waals surface area (Å²) in [7, 11) is 0. The van der Waals surface area contributed by atoms with Gasteiger partial charge in [0.25, 0.3) is 0 Å². The first-order valence-corrected chi connectivity index (χ1v) is 8.85. The Morgan fingerprint density at radius 3 is 2.30 bits per heavy atom. The third kappa shape index (κ3) is 4.80. The van der Waals surface area contributed by atoms with Gasteiger partial charge in [-0.15, -0.1) is 0 Å². The lowest BCUT2D eigenvalue weighted by atomic mass is 10.1. The Labute approximate surface area is 156 Å². The van der Waals surface area contributed by atoms with Crippen molar-refractivity contribution < 1.29 is 18.0 Å². The van der Waals surface area contributed by atoms with Crippen molar-refractivity contribution in [3.05, 3.63) is 65.7 Å². The third-order valence-corrected chi connectivity index (χ3v) is 4.75. The number of hydrogen-bond acceptors (Lipinski definition) is 3. The van der Waals surface area contributed by atoms with E-state index in [2.05, 4.69) is 0 Å². The Hall–Kier alpha value is -2.54. The van der Waals surface area contributed by atoms with Crippen LogP contribution in [0.4, 0.5) is 18.9 Å². The fraction of sp³-hybridized carbons (Fsp3) is 0.350. The number of piperazine rings is 1. The summed E-state index contributed by atoms with van der Waals surface area (Å²) in [6.45, 7) is 1.84. The summed E-state index contributed by atoms with van der Waals surface area (Å²) >= 11 is 0. The molecule has 0 spiro atoms. The molecule has 2 N–H and O–H groups in total. The highest BCUT2D eigenvalue weighted by molar-refractivity contribution is 5.82. The average molecular weight is 377 g/mol. The van der Waals surface area contributed by atoms with Gasteiger partial charge in [0.05, 0.1) is 11.6 Å². The van der Waals surface area contributed by atoms with Gasteiger partial charge in [-0.05, 0) is 30.2 Å². The quantitative estimate of drug-likeness (QED) is 0.891. The van der Waals surface area contributed by atoms with Gasteiger partial charge in [-0.25, -0.2) is 0 Å². The van der Waals surface area contributed by atoms with E-state index in [4.69, 9.17) is 5.73 Å². The Kier molecular flexibility index (Phi) is 5.70. The largest absolute Gasteiger partial charge is 0.416 e. The van der Waals surface area contributed by atoms with E-state index in [-0.39, 0.29) is 5.91 Å². The second kappa shape index (κ2) is 8.00. The maximum Gasteiger partial charge on any atom is 0.416 e. The molecular weight excluding hydrogens is 355 g/mol. The van der Waals surface area contributed by atoms with Gasteiger partial charge < -0.3 is 15.5 Å². The Bertz CT molecular complexity index is 772. The molecule has 1 amide bonds. The molecule has 2 aromatic carbocycles. The lowest BCUT2D eigenvalue weighted by Gasteiger charge is -2.37. The number of carbonyl (C=O) groups excluding carboxylic acids is 1. The second-order valence-electron chi connectivity index (χ2n) is 6.66. The summed E-state index contributed by atoms with van der Waals surface area (Å²) in [5, 5.41) is 0. The van der Waals surface area contributed by atoms with Crippen molar-refractivity contribution in [2.75, 3.05) is 31.1 Å². The van der Waals surface area contributed by atoms with Gasteiger partial charge in [-0.2, -0.15) is 13.2 Å². The third-order valence-electron chi connectivity index (χ3n) is 4.75. The van der Waals surface area contributed by atoms with Crippen molar-refractivity contribution in [3.8, 4) is 0 Å². The van der Waals surface area contributed by atoms with Crippen LogP contribution < -0.4 is 10.6 Å². The second-order valence-corrected chi connectivity index (χ2v) is 6.66. The number of alkyl halides is 3. The van der Waals surface area contributed by atoms with E-state index >= 15 is 0 Å². The molecule has 0 radical (unpaired) electrons. The number of benzene rings is 2. The summed E-state index contributed by atoms with van der Waals surface area (Å²) in [5.41, 5.74) is 6.92. The predicted octanol–water partition coefficient (Wildman–Crippen LogP) is 2.92. The molecule has 1 fully saturated rings. The molecule has 0 aliphatic carbocycles. The molecule has 0 unspecified atom stereocenters. The fourth-order valence-corrected chi connectivity index (χ4v) is 3.25. The van der Waals surface area contributed by atoms with Crippen LogP contribution in [0.15, 0.2) is 54.6 Å². The van der Waals surface area contributed by atoms with E-state index in [0.717, 1.165) is 17.7 Å². The molecule has 1 heterocycles. The first kappa shape index (κ1) is 19.2. The highest BCUT2D eigenvalue weighted by Gasteiger charge is 2.31. The zero-order valence-corrected chi connectivity index (χ0v) is 14.8. The van der Waals surface area contributed by atoms with Crippen LogP contribution in [0.5, 0.6) is 0 Å². The first-order valence-electron chi connectivity index (χ1n) is 8.85. The molecule has 7 heteroatoms. The maximum absolute atomic E-state index is 12.9. The monoisotopic (exact) mass is 377 g/mol. The summed E-state index contributed by atoms with van der Waals surface area (Å²) in [5.74, 6) is -0.123. The van der Waals surface area contributed by atoms with E-state index < -0.39 is 17.8 Å². The van der Waals surface area contributed by atoms with Gasteiger partial charge >= 0.3 is 6.18 Å². The van der Waals surface area contributed by atoms with Gasteiger partial charge in [0.15, 0.2) is 0 Å². The van der Waals surface area contributed by atoms with E-state index in [1.165, 1.54) is 6.07 Å². The van der Waals surface area contributed by atoms with Crippen molar-refractivity contribution >= 4 is 11.6 Å². The Balaban J connectivity index is 1.58. The number of amides is 1. The van der Waals surface area contributed by atoms with Gasteiger partial charge in [0, 0.05) is 31.9 Å². The van der Waals surface area contributed by atoms with Crippen molar-refractivity contribution in [1.82, 2.24) is 4.90 Å². The summed E-state index contributed by atoms with van der Waals surface area (Å²) in [4.78, 5) is 16.1. The minimum atomic E-state index is -4.36. The molecule has 1 saturated heterocycles. The van der Waals surface area contributed by atoms with E-state index in [1.54, 1.807) is 11.0 Å². The SMILES string of the molecule is N[C@H](Cc1ccccc1)C(=O)N1CCN(c2cccc(C(F)(F)F)c2)CC1. The smallest absolute Gasteiger partial charge is 0.368 e. The zero-order valence-electron chi connectivity index (χ0n) is 14.8. The van der Waals surface area contributed by atoms with Gasteiger partial charge in [0.1, 0.15) is 0 Å². The van der Waals surface area contributed by atoms with Crippen LogP contribution in [0.1, 0.15) is 11.1 Å². The standard InChI is InChI=1S/C20H22F3N3O/c21-20(22,23)16-7-4-8-17(14-16)25-9-11-26(12-10-25)19(27)18(24)13-15-5-2-1-3-6-15/h1-8,14,18H,9-13,24H2/t18-/m1/s1. The van der Waals surface area contributed by atoms with Gasteiger partial charge in [-0.3, -0.25) is 4.79 Å². The van der Waals surface area contributed by atoms with Gasteiger partial charge in [0.2, 0.25) is 5.91 Å². The molecule has 0 bridgehead atoms. The van der Waals surface area contributed by atoms with Gasteiger partial charge in [-0.1, -0.05) is 36.4 Å². The molecule has 27 heavy (non-hydrogen) atoms. The first-order chi connectivity index (χ1) is 12.8. The molecule has 1 aliphatic heterocycles. The maximum atomic E-state index is 12.9. The highest BCUT2D eigenvalue weighted by atomic mass is 19.4. The lowest BCUT2D eigenvalue weighted by molar-refractivity contribution is -0.137. The zero-order chi connectivity index (χ0) is 19.4. The molecule has 144 valence electrons. The fourth-order valence-electron chi connectivity index (χ4n) is 3.25. The Morgan fingerprint density at radius 2 is 1.67 bits per heavy atom. The Morgan fingerprint density at radius 1 is 1.00 bits per heavy atom. The highest BCUT2D eigenvalue weighted by Crippen LogP contribution is 2.31. The van der Waals surface area contributed by atoms with Crippen LogP contribution in [0.3, 0.4) is 0 Å². The van der Waals surface area contributed by atoms with E-state index in [1.807, 2.05) is 35.2 Å². The van der Waals surface area contributed by atoms with Crippen LogP contribution in [-0.2, 0) is 17.4 Å². The minimum Gasteiger partial charge on any atom is -0.368 e. The molecule has 1 aliphatic rings.